The summed E-state index contributed by atoms with van der Waals surface area (Å²) in [6.07, 6.45) is 6.87. The molecule has 0 spiro atoms. The number of likely N-dealkylation sites (tertiary alicyclic amines) is 1. The van der Waals surface area contributed by atoms with Crippen LogP contribution >= 0.6 is 24.8 Å². The van der Waals surface area contributed by atoms with Gasteiger partial charge in [0.15, 0.2) is 0 Å². The molecule has 0 radical (unpaired) electrons. The van der Waals surface area contributed by atoms with Gasteiger partial charge < -0.3 is 10.2 Å². The second-order valence-electron chi connectivity index (χ2n) is 6.52. The van der Waals surface area contributed by atoms with Crippen molar-refractivity contribution in [3.05, 3.63) is 59.6 Å². The normalized spacial score (nSPS) is 16.0. The van der Waals surface area contributed by atoms with Crippen molar-refractivity contribution < 1.29 is 18.8 Å². The van der Waals surface area contributed by atoms with Crippen molar-refractivity contribution in [1.82, 2.24) is 20.3 Å². The molecule has 1 aliphatic heterocycles. The highest BCUT2D eigenvalue weighted by Crippen LogP contribution is 2.17. The molecule has 1 aromatic heterocycles. The molecular formula is C19H23Cl2F2N5O2. The molecule has 7 nitrogen and oxygen atoms in total. The minimum absolute atomic E-state index is 0. The van der Waals surface area contributed by atoms with E-state index in [0.29, 0.717) is 24.5 Å². The first-order valence-corrected chi connectivity index (χ1v) is 8.91. The summed E-state index contributed by atoms with van der Waals surface area (Å²) in [5.74, 6) is -1.05. The average Bonchev–Trinajstić information content (AvgIpc) is 3.14. The van der Waals surface area contributed by atoms with Crippen LogP contribution in [0.2, 0.25) is 0 Å². The first-order chi connectivity index (χ1) is 13.5. The van der Waals surface area contributed by atoms with E-state index in [2.05, 4.69) is 20.2 Å². The molecule has 1 amide bonds. The van der Waals surface area contributed by atoms with Gasteiger partial charge in [0.05, 0.1) is 18.1 Å². The summed E-state index contributed by atoms with van der Waals surface area (Å²) in [6.45, 7) is 2.16. The van der Waals surface area contributed by atoms with Crippen molar-refractivity contribution in [2.75, 3.05) is 25.0 Å². The predicted octanol–water partition coefficient (Wildman–Crippen LogP) is 2.85. The fourth-order valence-corrected chi connectivity index (χ4v) is 3.10. The predicted molar refractivity (Wildman–Crippen MR) is 114 cm³/mol. The first kappa shape index (κ1) is 25.7. The monoisotopic (exact) mass is 461 g/mol. The number of anilines is 1. The Morgan fingerprint density at radius 1 is 1.23 bits per heavy atom. The third-order valence-corrected chi connectivity index (χ3v) is 4.55. The molecule has 0 bridgehead atoms. The molecule has 3 N–H and O–H groups in total. The summed E-state index contributed by atoms with van der Waals surface area (Å²) < 4.78 is 27.4. The zero-order valence-corrected chi connectivity index (χ0v) is 17.6. The van der Waals surface area contributed by atoms with Crippen LogP contribution < -0.4 is 10.8 Å². The van der Waals surface area contributed by atoms with Gasteiger partial charge in [-0.05, 0) is 31.1 Å². The number of aromatic nitrogens is 2. The van der Waals surface area contributed by atoms with Crippen molar-refractivity contribution in [2.24, 2.45) is 0 Å². The number of nitrogens with zero attached hydrogens (tertiary/aromatic N) is 3. The Hall–Kier alpha value is -2.33. The number of nitrogens with one attached hydrogen (secondary N) is 2. The van der Waals surface area contributed by atoms with Crippen LogP contribution in [0, 0.1) is 11.6 Å². The van der Waals surface area contributed by atoms with Crippen LogP contribution in [-0.4, -0.2) is 51.7 Å². The van der Waals surface area contributed by atoms with Crippen LogP contribution in [0.25, 0.3) is 6.08 Å². The zero-order chi connectivity index (χ0) is 19.9. The van der Waals surface area contributed by atoms with Crippen molar-refractivity contribution >= 4 is 42.6 Å². The van der Waals surface area contributed by atoms with E-state index in [1.54, 1.807) is 6.20 Å². The maximum absolute atomic E-state index is 13.7. The number of benzene rings is 1. The minimum Gasteiger partial charge on any atom is -0.365 e. The smallest absolute Gasteiger partial charge is 0.267 e. The van der Waals surface area contributed by atoms with Gasteiger partial charge in [-0.2, -0.15) is 0 Å². The molecule has 1 atom stereocenters. The van der Waals surface area contributed by atoms with Gasteiger partial charge in [0, 0.05) is 37.3 Å². The maximum atomic E-state index is 13.7. The summed E-state index contributed by atoms with van der Waals surface area (Å²) >= 11 is 0. The second-order valence-corrected chi connectivity index (χ2v) is 6.52. The first-order valence-electron chi connectivity index (χ1n) is 8.91. The Kier molecular flexibility index (Phi) is 10.6. The molecule has 1 saturated heterocycles. The molecule has 1 fully saturated rings. The van der Waals surface area contributed by atoms with Crippen molar-refractivity contribution in [3.63, 3.8) is 0 Å². The molecule has 11 heteroatoms. The van der Waals surface area contributed by atoms with E-state index in [4.69, 9.17) is 5.21 Å². The summed E-state index contributed by atoms with van der Waals surface area (Å²) in [4.78, 5) is 21.5. The van der Waals surface area contributed by atoms with Gasteiger partial charge in [0.25, 0.3) is 5.91 Å². The molecule has 1 aliphatic rings. The highest BCUT2D eigenvalue weighted by Gasteiger charge is 2.23. The largest absolute Gasteiger partial charge is 0.365 e. The third kappa shape index (κ3) is 7.17. The summed E-state index contributed by atoms with van der Waals surface area (Å²) in [5.41, 5.74) is 2.10. The van der Waals surface area contributed by atoms with E-state index >= 15 is 0 Å². The summed E-state index contributed by atoms with van der Waals surface area (Å²) in [6, 6.07) is 4.09. The number of carbonyl (C=O) groups is 1. The fraction of sp³-hybridized carbons (Fsp3) is 0.316. The van der Waals surface area contributed by atoms with Gasteiger partial charge in [0.1, 0.15) is 17.5 Å². The topological polar surface area (TPSA) is 90.4 Å². The van der Waals surface area contributed by atoms with Gasteiger partial charge in [-0.1, -0.05) is 6.07 Å². The third-order valence-electron chi connectivity index (χ3n) is 4.55. The minimum atomic E-state index is -0.648. The van der Waals surface area contributed by atoms with E-state index in [1.807, 2.05) is 0 Å². The van der Waals surface area contributed by atoms with Crippen LogP contribution in [0.3, 0.4) is 0 Å². The maximum Gasteiger partial charge on any atom is 0.267 e. The SMILES string of the molecule is Cl.Cl.O=C(C=Cc1cnc(N[C@@H]2CCN(CCc3c(F)cccc3F)C2)cn1)NO. The standard InChI is InChI=1S/C19H21F2N5O2.2ClH/c20-16-2-1-3-17(21)15(16)7-9-26-8-6-14(12-26)24-18-11-22-13(10-23-18)4-5-19(27)25-28;;/h1-5,10-11,14,28H,6-9,12H2,(H,23,24)(H,25,27);2*1H/t14-;;/m1../s1. The van der Waals surface area contributed by atoms with E-state index in [0.717, 1.165) is 25.6 Å². The lowest BCUT2D eigenvalue weighted by molar-refractivity contribution is -0.124. The van der Waals surface area contributed by atoms with Gasteiger partial charge in [0.2, 0.25) is 0 Å². The van der Waals surface area contributed by atoms with Gasteiger partial charge in [-0.25, -0.2) is 19.2 Å². The molecule has 0 unspecified atom stereocenters. The molecule has 2 heterocycles. The number of rotatable bonds is 7. The quantitative estimate of drug-likeness (QED) is 0.333. The number of hydrogen-bond acceptors (Lipinski definition) is 6. The Morgan fingerprint density at radius 3 is 2.60 bits per heavy atom. The zero-order valence-electron chi connectivity index (χ0n) is 15.9. The van der Waals surface area contributed by atoms with Crippen molar-refractivity contribution in [2.45, 2.75) is 18.9 Å². The van der Waals surface area contributed by atoms with Gasteiger partial charge in [-0.3, -0.25) is 15.0 Å². The van der Waals surface area contributed by atoms with E-state index in [1.165, 1.54) is 36.0 Å². The van der Waals surface area contributed by atoms with Crippen LogP contribution in [0.5, 0.6) is 0 Å². The summed E-state index contributed by atoms with van der Waals surface area (Å²) in [7, 11) is 0. The highest BCUT2D eigenvalue weighted by molar-refractivity contribution is 5.90. The number of amides is 1. The molecule has 30 heavy (non-hydrogen) atoms. The molecule has 3 rings (SSSR count). The summed E-state index contributed by atoms with van der Waals surface area (Å²) in [5, 5.41) is 11.7. The lowest BCUT2D eigenvalue weighted by atomic mass is 10.1. The number of hydrogen-bond donors (Lipinski definition) is 3. The number of halogens is 4. The highest BCUT2D eigenvalue weighted by atomic mass is 35.5. The van der Waals surface area contributed by atoms with Crippen molar-refractivity contribution in [3.8, 4) is 0 Å². The Morgan fingerprint density at radius 2 is 1.97 bits per heavy atom. The Balaban J connectivity index is 0.00000225. The molecule has 0 saturated carbocycles. The molecule has 1 aromatic carbocycles. The molecule has 2 aromatic rings. The van der Waals surface area contributed by atoms with Crippen LogP contribution in [0.15, 0.2) is 36.7 Å². The fourth-order valence-electron chi connectivity index (χ4n) is 3.10. The number of hydroxylamine groups is 1. The van der Waals surface area contributed by atoms with Crippen LogP contribution in [-0.2, 0) is 11.2 Å². The van der Waals surface area contributed by atoms with Gasteiger partial charge >= 0.3 is 0 Å². The Bertz CT molecular complexity index is 835. The average molecular weight is 462 g/mol. The molecule has 164 valence electrons. The second kappa shape index (κ2) is 12.4. The van der Waals surface area contributed by atoms with Gasteiger partial charge in [-0.15, -0.1) is 24.8 Å². The molecular weight excluding hydrogens is 439 g/mol. The molecule has 0 aliphatic carbocycles. The van der Waals surface area contributed by atoms with E-state index in [9.17, 15) is 13.6 Å². The van der Waals surface area contributed by atoms with Crippen LogP contribution in [0.1, 0.15) is 17.7 Å². The Labute approximate surface area is 185 Å². The lowest BCUT2D eigenvalue weighted by Crippen LogP contribution is -2.28. The van der Waals surface area contributed by atoms with Crippen LogP contribution in [0.4, 0.5) is 14.6 Å². The van der Waals surface area contributed by atoms with Crippen molar-refractivity contribution in [1.29, 1.82) is 0 Å². The number of carbonyl (C=O) groups excluding carboxylic acids is 1. The van der Waals surface area contributed by atoms with E-state index < -0.39 is 17.5 Å². The van der Waals surface area contributed by atoms with E-state index in [-0.39, 0.29) is 36.4 Å². The lowest BCUT2D eigenvalue weighted by Gasteiger charge is -2.17.